The molecule has 1 aromatic heterocycles. The Labute approximate surface area is 174 Å². The number of amides is 2. The highest BCUT2D eigenvalue weighted by molar-refractivity contribution is 6.31. The molecule has 1 aliphatic rings. The number of carbonyl (C=O) groups is 2. The minimum absolute atomic E-state index is 0.0370. The van der Waals surface area contributed by atoms with E-state index in [0.29, 0.717) is 0 Å². The lowest BCUT2D eigenvalue weighted by molar-refractivity contribution is -0.137. The van der Waals surface area contributed by atoms with Crippen LogP contribution in [0.2, 0.25) is 5.02 Å². The first kappa shape index (κ1) is 21.8. The van der Waals surface area contributed by atoms with Crippen molar-refractivity contribution in [3.63, 3.8) is 0 Å². The molecule has 1 fully saturated rings. The van der Waals surface area contributed by atoms with Crippen LogP contribution in [0.4, 0.5) is 29.1 Å². The molecule has 0 aliphatic carbocycles. The molecule has 0 radical (unpaired) electrons. The molecular weight excluding hydrogens is 426 g/mol. The number of nitrogens with zero attached hydrogens (tertiary/aromatic N) is 3. The van der Waals surface area contributed by atoms with Gasteiger partial charge in [0.2, 0.25) is 5.91 Å². The van der Waals surface area contributed by atoms with Crippen molar-refractivity contribution in [1.29, 1.82) is 0 Å². The molecule has 0 bridgehead atoms. The molecule has 1 aliphatic heterocycles. The molecule has 3 rings (SSSR count). The van der Waals surface area contributed by atoms with Crippen LogP contribution in [0.5, 0.6) is 0 Å². The predicted molar refractivity (Wildman–Crippen MR) is 104 cm³/mol. The summed E-state index contributed by atoms with van der Waals surface area (Å²) in [5, 5.41) is -0.203. The maximum absolute atomic E-state index is 13.4. The molecule has 1 atom stereocenters. The van der Waals surface area contributed by atoms with Crippen molar-refractivity contribution in [3.8, 4) is 0 Å². The lowest BCUT2D eigenvalue weighted by Crippen LogP contribution is -2.46. The van der Waals surface area contributed by atoms with Gasteiger partial charge < -0.3 is 4.90 Å². The average molecular weight is 442 g/mol. The van der Waals surface area contributed by atoms with E-state index in [9.17, 15) is 27.2 Å². The summed E-state index contributed by atoms with van der Waals surface area (Å²) in [5.74, 6) is -2.27. The summed E-state index contributed by atoms with van der Waals surface area (Å²) in [6.07, 6.45) is -4.74. The van der Waals surface area contributed by atoms with Gasteiger partial charge in [0.15, 0.2) is 0 Å². The quantitative estimate of drug-likeness (QED) is 0.519. The van der Waals surface area contributed by atoms with Crippen LogP contribution in [0.15, 0.2) is 42.5 Å². The standard InChI is InChI=1S/C20H16ClF4N3O2/c1-10-6-16(19(30)27(3)13-4-5-15(22)14(21)9-13)28(18(10)29)17-8-12(20(23,24)25)7-11(2)26-17/h4-5,7-9,16H,1,6H2,2-3H3. The molecule has 5 nitrogen and oxygen atoms in total. The normalized spacial score (nSPS) is 16.9. The number of rotatable bonds is 3. The Bertz CT molecular complexity index is 1050. The van der Waals surface area contributed by atoms with Gasteiger partial charge in [-0.25, -0.2) is 9.37 Å². The third-order valence-electron chi connectivity index (χ3n) is 4.69. The van der Waals surface area contributed by atoms with Crippen molar-refractivity contribution in [2.24, 2.45) is 0 Å². The van der Waals surface area contributed by atoms with Gasteiger partial charge in [0.25, 0.3) is 5.91 Å². The third kappa shape index (κ3) is 4.02. The first-order chi connectivity index (χ1) is 13.9. The molecule has 1 saturated heterocycles. The molecule has 10 heteroatoms. The largest absolute Gasteiger partial charge is 0.416 e. The van der Waals surface area contributed by atoms with E-state index >= 15 is 0 Å². The summed E-state index contributed by atoms with van der Waals surface area (Å²) in [5.41, 5.74) is -0.629. The fourth-order valence-corrected chi connectivity index (χ4v) is 3.34. The number of benzene rings is 1. The fourth-order valence-electron chi connectivity index (χ4n) is 3.17. The molecule has 0 saturated carbocycles. The number of alkyl halides is 3. The zero-order chi connectivity index (χ0) is 22.4. The van der Waals surface area contributed by atoms with Gasteiger partial charge in [0, 0.05) is 30.4 Å². The maximum atomic E-state index is 13.4. The Kier molecular flexibility index (Phi) is 5.60. The van der Waals surface area contributed by atoms with Crippen LogP contribution in [0.1, 0.15) is 17.7 Å². The number of hydrogen-bond donors (Lipinski definition) is 0. The zero-order valence-corrected chi connectivity index (χ0v) is 16.7. The Morgan fingerprint density at radius 1 is 1.30 bits per heavy atom. The van der Waals surface area contributed by atoms with Gasteiger partial charge in [-0.15, -0.1) is 0 Å². The summed E-state index contributed by atoms with van der Waals surface area (Å²) in [7, 11) is 1.39. The Hall–Kier alpha value is -2.94. The summed E-state index contributed by atoms with van der Waals surface area (Å²) < 4.78 is 53.1. The van der Waals surface area contributed by atoms with Crippen molar-refractivity contribution in [2.45, 2.75) is 25.6 Å². The van der Waals surface area contributed by atoms with Gasteiger partial charge in [0.05, 0.1) is 10.6 Å². The number of aryl methyl sites for hydroxylation is 1. The minimum Gasteiger partial charge on any atom is -0.314 e. The van der Waals surface area contributed by atoms with E-state index in [1.807, 2.05) is 0 Å². The molecule has 2 amide bonds. The number of likely N-dealkylation sites (N-methyl/N-ethyl adjacent to an activating group) is 1. The van der Waals surface area contributed by atoms with Crippen LogP contribution in [-0.4, -0.2) is 29.9 Å². The average Bonchev–Trinajstić information content (AvgIpc) is 2.96. The smallest absolute Gasteiger partial charge is 0.314 e. The SMILES string of the molecule is C=C1CC(C(=O)N(C)c2ccc(F)c(Cl)c2)N(c2cc(C(F)(F)F)cc(C)n2)C1=O. The lowest BCUT2D eigenvalue weighted by atomic mass is 10.1. The Balaban J connectivity index is 2.01. The number of anilines is 2. The van der Waals surface area contributed by atoms with Crippen LogP contribution in [0.25, 0.3) is 0 Å². The van der Waals surface area contributed by atoms with Crippen LogP contribution < -0.4 is 9.80 Å². The number of hydrogen-bond acceptors (Lipinski definition) is 3. The van der Waals surface area contributed by atoms with Crippen molar-refractivity contribution in [2.75, 3.05) is 16.8 Å². The molecule has 1 unspecified atom stereocenters. The summed E-state index contributed by atoms with van der Waals surface area (Å²) >= 11 is 5.76. The van der Waals surface area contributed by atoms with Gasteiger partial charge in [-0.3, -0.25) is 14.5 Å². The van der Waals surface area contributed by atoms with Crippen LogP contribution >= 0.6 is 11.6 Å². The zero-order valence-electron chi connectivity index (χ0n) is 15.9. The molecule has 0 N–H and O–H groups in total. The highest BCUT2D eigenvalue weighted by Gasteiger charge is 2.43. The molecule has 0 spiro atoms. The van der Waals surface area contributed by atoms with Crippen LogP contribution in [0, 0.1) is 12.7 Å². The van der Waals surface area contributed by atoms with E-state index in [0.717, 1.165) is 28.0 Å². The molecule has 1 aromatic carbocycles. The molecule has 30 heavy (non-hydrogen) atoms. The van der Waals surface area contributed by atoms with Crippen molar-refractivity contribution in [3.05, 3.63) is 64.6 Å². The molecular formula is C20H16ClF4N3O2. The van der Waals surface area contributed by atoms with Gasteiger partial charge in [-0.1, -0.05) is 18.2 Å². The predicted octanol–water partition coefficient (Wildman–Crippen LogP) is 4.53. The van der Waals surface area contributed by atoms with Gasteiger partial charge in [0.1, 0.15) is 17.7 Å². The van der Waals surface area contributed by atoms with E-state index in [1.54, 1.807) is 0 Å². The van der Waals surface area contributed by atoms with E-state index < -0.39 is 35.4 Å². The number of pyridine rings is 1. The van der Waals surface area contributed by atoms with Gasteiger partial charge in [-0.2, -0.15) is 13.2 Å². The molecule has 158 valence electrons. The third-order valence-corrected chi connectivity index (χ3v) is 4.98. The van der Waals surface area contributed by atoms with E-state index in [2.05, 4.69) is 11.6 Å². The lowest BCUT2D eigenvalue weighted by Gasteiger charge is -2.28. The van der Waals surface area contributed by atoms with Crippen molar-refractivity contribution >= 4 is 34.9 Å². The second kappa shape index (κ2) is 7.71. The van der Waals surface area contributed by atoms with Crippen molar-refractivity contribution < 1.29 is 27.2 Å². The highest BCUT2D eigenvalue weighted by Crippen LogP contribution is 2.35. The topological polar surface area (TPSA) is 53.5 Å². The van der Waals surface area contributed by atoms with Crippen LogP contribution in [-0.2, 0) is 15.8 Å². The Morgan fingerprint density at radius 3 is 2.57 bits per heavy atom. The number of carbonyl (C=O) groups excluding carboxylic acids is 2. The molecule has 2 heterocycles. The minimum atomic E-state index is -4.65. The van der Waals surface area contributed by atoms with E-state index in [1.165, 1.54) is 26.1 Å². The first-order valence-corrected chi connectivity index (χ1v) is 9.07. The monoisotopic (exact) mass is 441 g/mol. The van der Waals surface area contributed by atoms with E-state index in [4.69, 9.17) is 11.6 Å². The van der Waals surface area contributed by atoms with Crippen LogP contribution in [0.3, 0.4) is 0 Å². The summed E-state index contributed by atoms with van der Waals surface area (Å²) in [6.45, 7) is 4.97. The molecule has 2 aromatic rings. The fraction of sp³-hybridized carbons (Fsp3) is 0.250. The number of halogens is 5. The number of aromatic nitrogens is 1. The summed E-state index contributed by atoms with van der Waals surface area (Å²) in [6, 6.07) is 4.05. The maximum Gasteiger partial charge on any atom is 0.416 e. The first-order valence-electron chi connectivity index (χ1n) is 8.70. The second-order valence-corrected chi connectivity index (χ2v) is 7.25. The second-order valence-electron chi connectivity index (χ2n) is 6.85. The highest BCUT2D eigenvalue weighted by atomic mass is 35.5. The van der Waals surface area contributed by atoms with Gasteiger partial charge in [-0.05, 0) is 37.3 Å². The van der Waals surface area contributed by atoms with Crippen molar-refractivity contribution in [1.82, 2.24) is 4.98 Å². The van der Waals surface area contributed by atoms with Gasteiger partial charge >= 0.3 is 6.18 Å². The Morgan fingerprint density at radius 2 is 1.97 bits per heavy atom. The van der Waals surface area contributed by atoms with E-state index in [-0.39, 0.29) is 34.2 Å². The summed E-state index contributed by atoms with van der Waals surface area (Å²) in [4.78, 5) is 31.8.